The Morgan fingerprint density at radius 1 is 1.04 bits per heavy atom. The van der Waals surface area contributed by atoms with Crippen LogP contribution in [0.3, 0.4) is 0 Å². The number of sulfonamides is 1. The van der Waals surface area contributed by atoms with Crippen molar-refractivity contribution >= 4 is 21.4 Å². The first-order chi connectivity index (χ1) is 11.1. The van der Waals surface area contributed by atoms with Crippen molar-refractivity contribution in [3.63, 3.8) is 0 Å². The summed E-state index contributed by atoms with van der Waals surface area (Å²) >= 11 is 0. The third-order valence-electron chi connectivity index (χ3n) is 3.85. The topological polar surface area (TPSA) is 49.4 Å². The molecule has 4 nitrogen and oxygen atoms in total. The highest BCUT2D eigenvalue weighted by molar-refractivity contribution is 7.89. The molecule has 2 aromatic rings. The summed E-state index contributed by atoms with van der Waals surface area (Å²) in [6, 6.07) is 13.5. The van der Waals surface area contributed by atoms with Crippen molar-refractivity contribution in [2.45, 2.75) is 24.2 Å². The first kappa shape index (κ1) is 16.0. The highest BCUT2D eigenvalue weighted by atomic mass is 32.2. The van der Waals surface area contributed by atoms with Gasteiger partial charge in [0.25, 0.3) is 0 Å². The summed E-state index contributed by atoms with van der Waals surface area (Å²) in [5.74, 6) is -0.319. The number of hydrogen-bond acceptors (Lipinski definition) is 3. The standard InChI is InChI=1S/C17H18FN2O2S/c18-14-7-9-15(10-8-14)19-16-5-4-6-17(13-16)23(21,22)20-11-2-1-3-12-20/h4,6-10,13,19H,1-3,11-12H2. The van der Waals surface area contributed by atoms with Crippen molar-refractivity contribution in [3.8, 4) is 0 Å². The van der Waals surface area contributed by atoms with E-state index in [2.05, 4.69) is 11.4 Å². The average molecular weight is 333 g/mol. The zero-order valence-corrected chi connectivity index (χ0v) is 13.4. The molecule has 121 valence electrons. The third kappa shape index (κ3) is 3.71. The molecule has 1 heterocycles. The largest absolute Gasteiger partial charge is 0.355 e. The predicted molar refractivity (Wildman–Crippen MR) is 87.6 cm³/mol. The van der Waals surface area contributed by atoms with Crippen molar-refractivity contribution in [2.75, 3.05) is 18.4 Å². The van der Waals surface area contributed by atoms with Gasteiger partial charge in [0.05, 0.1) is 4.90 Å². The quantitative estimate of drug-likeness (QED) is 0.931. The first-order valence-corrected chi connectivity index (χ1v) is 9.04. The van der Waals surface area contributed by atoms with Crippen LogP contribution in [-0.4, -0.2) is 25.8 Å². The van der Waals surface area contributed by atoms with E-state index < -0.39 is 10.0 Å². The molecule has 1 saturated heterocycles. The zero-order valence-electron chi connectivity index (χ0n) is 12.6. The summed E-state index contributed by atoms with van der Waals surface area (Å²) in [5, 5.41) is 3.04. The van der Waals surface area contributed by atoms with Gasteiger partial charge in [0.15, 0.2) is 0 Å². The summed E-state index contributed by atoms with van der Waals surface area (Å²) in [6.45, 7) is 1.14. The van der Waals surface area contributed by atoms with E-state index in [-0.39, 0.29) is 10.7 Å². The Labute approximate surface area is 136 Å². The number of halogens is 1. The average Bonchev–Trinajstić information content (AvgIpc) is 2.58. The molecular weight excluding hydrogens is 315 g/mol. The van der Waals surface area contributed by atoms with E-state index in [0.29, 0.717) is 24.5 Å². The molecule has 0 amide bonds. The second-order valence-electron chi connectivity index (χ2n) is 5.53. The second kappa shape index (κ2) is 6.68. The van der Waals surface area contributed by atoms with Crippen LogP contribution >= 0.6 is 0 Å². The van der Waals surface area contributed by atoms with Crippen LogP contribution in [-0.2, 0) is 10.0 Å². The van der Waals surface area contributed by atoms with Crippen molar-refractivity contribution in [3.05, 3.63) is 54.3 Å². The minimum absolute atomic E-state index is 0.253. The van der Waals surface area contributed by atoms with Gasteiger partial charge in [-0.05, 0) is 49.2 Å². The number of rotatable bonds is 4. The van der Waals surface area contributed by atoms with Crippen LogP contribution < -0.4 is 5.32 Å². The fraction of sp³-hybridized carbons (Fsp3) is 0.294. The minimum Gasteiger partial charge on any atom is -0.355 e. The Morgan fingerprint density at radius 3 is 2.43 bits per heavy atom. The van der Waals surface area contributed by atoms with E-state index in [4.69, 9.17) is 0 Å². The number of anilines is 2. The van der Waals surface area contributed by atoms with Crippen LogP contribution in [0.25, 0.3) is 0 Å². The summed E-state index contributed by atoms with van der Waals surface area (Å²) in [6.07, 6.45) is 2.88. The summed E-state index contributed by atoms with van der Waals surface area (Å²) < 4.78 is 39.8. The number of piperidine rings is 1. The van der Waals surface area contributed by atoms with Gasteiger partial charge in [-0.25, -0.2) is 12.8 Å². The molecule has 2 aromatic carbocycles. The molecule has 1 fully saturated rings. The zero-order chi connectivity index (χ0) is 16.3. The van der Waals surface area contributed by atoms with Crippen LogP contribution in [0.1, 0.15) is 19.3 Å². The molecule has 0 bridgehead atoms. The minimum atomic E-state index is -3.47. The Morgan fingerprint density at radius 2 is 1.74 bits per heavy atom. The molecule has 1 aliphatic rings. The molecule has 1 N–H and O–H groups in total. The van der Waals surface area contributed by atoms with E-state index in [9.17, 15) is 12.8 Å². The maximum atomic E-state index is 12.9. The molecule has 0 aromatic heterocycles. The number of benzene rings is 2. The van der Waals surface area contributed by atoms with Gasteiger partial charge in [-0.3, -0.25) is 0 Å². The Kier molecular flexibility index (Phi) is 4.63. The van der Waals surface area contributed by atoms with Crippen LogP contribution in [0, 0.1) is 11.9 Å². The lowest BCUT2D eigenvalue weighted by Crippen LogP contribution is -2.35. The fourth-order valence-corrected chi connectivity index (χ4v) is 4.17. The molecule has 0 aliphatic carbocycles. The number of nitrogens with zero attached hydrogens (tertiary/aromatic N) is 1. The van der Waals surface area contributed by atoms with Crippen LogP contribution in [0.4, 0.5) is 15.8 Å². The van der Waals surface area contributed by atoms with Crippen LogP contribution in [0.5, 0.6) is 0 Å². The normalized spacial score (nSPS) is 16.2. The van der Waals surface area contributed by atoms with Crippen LogP contribution in [0.2, 0.25) is 0 Å². The smallest absolute Gasteiger partial charge is 0.243 e. The van der Waals surface area contributed by atoms with E-state index in [1.54, 1.807) is 30.3 Å². The lowest BCUT2D eigenvalue weighted by atomic mass is 10.2. The van der Waals surface area contributed by atoms with Crippen molar-refractivity contribution in [1.29, 1.82) is 0 Å². The summed E-state index contributed by atoms with van der Waals surface area (Å²) in [5.41, 5.74) is 1.21. The molecule has 1 radical (unpaired) electrons. The molecular formula is C17H18FN2O2S. The highest BCUT2D eigenvalue weighted by Gasteiger charge is 2.25. The first-order valence-electron chi connectivity index (χ1n) is 7.60. The number of nitrogens with one attached hydrogen (secondary N) is 1. The van der Waals surface area contributed by atoms with Crippen molar-refractivity contribution < 1.29 is 12.8 Å². The van der Waals surface area contributed by atoms with E-state index in [1.165, 1.54) is 16.4 Å². The highest BCUT2D eigenvalue weighted by Crippen LogP contribution is 2.24. The number of hydrogen-bond donors (Lipinski definition) is 1. The van der Waals surface area contributed by atoms with Gasteiger partial charge in [-0.2, -0.15) is 4.31 Å². The third-order valence-corrected chi connectivity index (χ3v) is 5.74. The lowest BCUT2D eigenvalue weighted by Gasteiger charge is -2.26. The molecule has 23 heavy (non-hydrogen) atoms. The SMILES string of the molecule is O=S(=O)(c1cc[c]c(Nc2ccc(F)cc2)c1)N1CCCCC1. The van der Waals surface area contributed by atoms with E-state index in [0.717, 1.165) is 19.3 Å². The Bertz CT molecular complexity index is 769. The van der Waals surface area contributed by atoms with Crippen molar-refractivity contribution in [2.24, 2.45) is 0 Å². The van der Waals surface area contributed by atoms with Gasteiger partial charge in [0.1, 0.15) is 5.82 Å². The van der Waals surface area contributed by atoms with Gasteiger partial charge in [-0.1, -0.05) is 12.5 Å². The molecule has 0 unspecified atom stereocenters. The monoisotopic (exact) mass is 333 g/mol. The van der Waals surface area contributed by atoms with Gasteiger partial charge in [-0.15, -0.1) is 0 Å². The Balaban J connectivity index is 1.82. The van der Waals surface area contributed by atoms with Gasteiger partial charge in [0, 0.05) is 30.5 Å². The molecule has 0 spiro atoms. The molecule has 3 rings (SSSR count). The van der Waals surface area contributed by atoms with E-state index >= 15 is 0 Å². The molecule has 1 aliphatic heterocycles. The summed E-state index contributed by atoms with van der Waals surface area (Å²) in [7, 11) is -3.47. The molecule has 0 saturated carbocycles. The van der Waals surface area contributed by atoms with Gasteiger partial charge in [0.2, 0.25) is 10.0 Å². The molecule has 0 atom stereocenters. The van der Waals surface area contributed by atoms with Gasteiger partial charge < -0.3 is 5.32 Å². The Hall–Kier alpha value is -1.92. The molecule has 6 heteroatoms. The predicted octanol–water partition coefficient (Wildman–Crippen LogP) is 3.54. The van der Waals surface area contributed by atoms with Gasteiger partial charge >= 0.3 is 0 Å². The second-order valence-corrected chi connectivity index (χ2v) is 7.47. The fourth-order valence-electron chi connectivity index (χ4n) is 2.62. The lowest BCUT2D eigenvalue weighted by molar-refractivity contribution is 0.346. The van der Waals surface area contributed by atoms with E-state index in [1.807, 2.05) is 0 Å². The maximum absolute atomic E-state index is 12.9. The summed E-state index contributed by atoms with van der Waals surface area (Å²) in [4.78, 5) is 0.253. The van der Waals surface area contributed by atoms with Crippen molar-refractivity contribution in [1.82, 2.24) is 4.31 Å². The maximum Gasteiger partial charge on any atom is 0.243 e. The van der Waals surface area contributed by atoms with Crippen LogP contribution in [0.15, 0.2) is 47.4 Å².